The van der Waals surface area contributed by atoms with E-state index in [1.165, 1.54) is 0 Å². The number of rotatable bonds is 3. The molecule has 0 atom stereocenters. The van der Waals surface area contributed by atoms with Crippen molar-refractivity contribution in [2.75, 3.05) is 26.9 Å². The van der Waals surface area contributed by atoms with E-state index in [2.05, 4.69) is 6.92 Å². The van der Waals surface area contributed by atoms with Gasteiger partial charge in [0.05, 0.1) is 0 Å². The van der Waals surface area contributed by atoms with Crippen LogP contribution >= 0.6 is 0 Å². The zero-order valence-corrected chi connectivity index (χ0v) is 10.0. The fourth-order valence-electron chi connectivity index (χ4n) is 0.158. The number of aliphatic hydroxyl groups excluding tert-OH is 4. The average Bonchev–Trinajstić information content (AvgIpc) is 2.24. The van der Waals surface area contributed by atoms with E-state index >= 15 is 0 Å². The molecule has 0 heterocycles. The highest BCUT2D eigenvalue weighted by Crippen LogP contribution is 1.78. The molecule has 0 amide bonds. The third kappa shape index (κ3) is 172. The summed E-state index contributed by atoms with van der Waals surface area (Å²) in [5.74, 6) is 0. The van der Waals surface area contributed by atoms with Crippen molar-refractivity contribution < 1.29 is 20.4 Å². The molecule has 0 aromatic heterocycles. The van der Waals surface area contributed by atoms with Crippen LogP contribution in [0.5, 0.6) is 0 Å². The van der Waals surface area contributed by atoms with Crippen LogP contribution < -0.4 is 0 Å². The minimum absolute atomic E-state index is 0.250. The van der Waals surface area contributed by atoms with E-state index in [9.17, 15) is 0 Å². The summed E-state index contributed by atoms with van der Waals surface area (Å²) in [6.07, 6.45) is 2.91. The molecule has 0 saturated carbocycles. The first-order chi connectivity index (χ1) is 6.74. The lowest BCUT2D eigenvalue weighted by atomic mass is 10.4. The smallest absolute Gasteiger partial charge is 0.0430 e. The van der Waals surface area contributed by atoms with Gasteiger partial charge < -0.3 is 20.4 Å². The Balaban J connectivity index is -0.0000000505. The Morgan fingerprint density at radius 2 is 1.00 bits per heavy atom. The molecule has 0 saturated heterocycles. The van der Waals surface area contributed by atoms with Crippen LogP contribution in [0.2, 0.25) is 0 Å². The lowest BCUT2D eigenvalue weighted by Crippen LogP contribution is -1.75. The third-order valence-corrected chi connectivity index (χ3v) is 0.735. The van der Waals surface area contributed by atoms with Gasteiger partial charge in [0.2, 0.25) is 0 Å². The summed E-state index contributed by atoms with van der Waals surface area (Å²) in [6, 6.07) is 0. The monoisotopic (exact) mass is 212 g/mol. The predicted molar refractivity (Wildman–Crippen MR) is 60.3 cm³/mol. The summed E-state index contributed by atoms with van der Waals surface area (Å²) in [5, 5.41) is 30.5. The Kier molecular flexibility index (Phi) is 88.8. The van der Waals surface area contributed by atoms with Gasteiger partial charge in [0.1, 0.15) is 0 Å². The average molecular weight is 212 g/mol. The highest BCUT2D eigenvalue weighted by atomic mass is 16.3. The van der Waals surface area contributed by atoms with Gasteiger partial charge in [-0.15, -0.1) is 0 Å². The molecule has 0 fully saturated rings. The molecule has 14 heavy (non-hydrogen) atoms. The van der Waals surface area contributed by atoms with Gasteiger partial charge in [0.25, 0.3) is 0 Å². The highest BCUT2D eigenvalue weighted by molar-refractivity contribution is 4.23. The minimum atomic E-state index is 0.250. The van der Waals surface area contributed by atoms with E-state index in [1.807, 2.05) is 6.92 Å². The van der Waals surface area contributed by atoms with E-state index in [0.29, 0.717) is 13.2 Å². The van der Waals surface area contributed by atoms with Gasteiger partial charge in [-0.05, 0) is 19.8 Å². The van der Waals surface area contributed by atoms with Crippen LogP contribution in [0.4, 0.5) is 0 Å². The van der Waals surface area contributed by atoms with Gasteiger partial charge in [-0.3, -0.25) is 0 Å². The summed E-state index contributed by atoms with van der Waals surface area (Å²) >= 11 is 0. The van der Waals surface area contributed by atoms with E-state index in [4.69, 9.17) is 20.4 Å². The van der Waals surface area contributed by atoms with Gasteiger partial charge in [0.15, 0.2) is 0 Å². The molecule has 0 aliphatic rings. The maximum atomic E-state index is 8.07. The van der Waals surface area contributed by atoms with Crippen LogP contribution in [0, 0.1) is 0 Å². The van der Waals surface area contributed by atoms with Gasteiger partial charge in [-0.25, -0.2) is 0 Å². The molecule has 92 valence electrons. The zero-order chi connectivity index (χ0) is 12.2. The summed E-state index contributed by atoms with van der Waals surface area (Å²) in [4.78, 5) is 0. The lowest BCUT2D eigenvalue weighted by Gasteiger charge is -1.79. The Hall–Kier alpha value is -0.160. The first-order valence-electron chi connectivity index (χ1n) is 5.02. The van der Waals surface area contributed by atoms with Crippen LogP contribution in [-0.4, -0.2) is 47.4 Å². The molecule has 0 aliphatic heterocycles. The zero-order valence-electron chi connectivity index (χ0n) is 10.0. The van der Waals surface area contributed by atoms with E-state index in [1.54, 1.807) is 6.92 Å². The second-order valence-electron chi connectivity index (χ2n) is 2.12. The van der Waals surface area contributed by atoms with E-state index < -0.39 is 0 Å². The number of hydrogen-bond acceptors (Lipinski definition) is 4. The van der Waals surface area contributed by atoms with Crippen LogP contribution in [0.25, 0.3) is 0 Å². The summed E-state index contributed by atoms with van der Waals surface area (Å²) < 4.78 is 0. The molecule has 4 heteroatoms. The van der Waals surface area contributed by atoms with E-state index in [0.717, 1.165) is 26.4 Å². The second-order valence-corrected chi connectivity index (χ2v) is 2.12. The summed E-state index contributed by atoms with van der Waals surface area (Å²) in [7, 11) is 1.00. The van der Waals surface area contributed by atoms with Crippen molar-refractivity contribution in [2.24, 2.45) is 0 Å². The van der Waals surface area contributed by atoms with Crippen molar-refractivity contribution in [3.05, 3.63) is 0 Å². The normalized spacial score (nSPS) is 6.86. The van der Waals surface area contributed by atoms with Crippen LogP contribution in [0.3, 0.4) is 0 Å². The van der Waals surface area contributed by atoms with E-state index in [-0.39, 0.29) is 6.61 Å². The third-order valence-electron chi connectivity index (χ3n) is 0.735. The molecule has 0 aromatic carbocycles. The molecule has 0 spiro atoms. The van der Waals surface area contributed by atoms with Crippen molar-refractivity contribution in [3.8, 4) is 0 Å². The largest absolute Gasteiger partial charge is 0.400 e. The van der Waals surface area contributed by atoms with Crippen molar-refractivity contribution in [3.63, 3.8) is 0 Å². The Morgan fingerprint density at radius 3 is 1.00 bits per heavy atom. The van der Waals surface area contributed by atoms with Crippen molar-refractivity contribution in [2.45, 2.75) is 40.0 Å². The Bertz CT molecular complexity index is 39.1. The molecule has 0 radical (unpaired) electrons. The molecule has 0 unspecified atom stereocenters. The van der Waals surface area contributed by atoms with Crippen molar-refractivity contribution in [1.29, 1.82) is 0 Å². The topological polar surface area (TPSA) is 80.9 Å². The molecule has 0 bridgehead atoms. The second kappa shape index (κ2) is 52.8. The molecular formula is C10H28O4. The number of hydrogen-bond donors (Lipinski definition) is 4. The van der Waals surface area contributed by atoms with Gasteiger partial charge >= 0.3 is 0 Å². The van der Waals surface area contributed by atoms with Crippen LogP contribution in [0.1, 0.15) is 40.0 Å². The number of aliphatic hydroxyl groups is 4. The SMILES string of the molecule is CCCCO.CCCO.CCO.CO. The van der Waals surface area contributed by atoms with Crippen LogP contribution in [0.15, 0.2) is 0 Å². The standard InChI is InChI=1S/C4H10O.C3H8O.C2H6O.CH4O/c1-2-3-4-5;1-2-3-4;1-2-3;1-2/h5H,2-4H2,1H3;4H,2-3H2,1H3;3H,2H2,1H3;2H,1H3. The lowest BCUT2D eigenvalue weighted by molar-refractivity contribution is 0.287. The minimum Gasteiger partial charge on any atom is -0.400 e. The fourth-order valence-corrected chi connectivity index (χ4v) is 0.158. The molecular weight excluding hydrogens is 184 g/mol. The van der Waals surface area contributed by atoms with Crippen molar-refractivity contribution in [1.82, 2.24) is 0 Å². The van der Waals surface area contributed by atoms with Gasteiger partial charge in [0, 0.05) is 26.9 Å². The number of unbranched alkanes of at least 4 members (excludes halogenated alkanes) is 1. The Labute approximate surface area is 88.2 Å². The predicted octanol–water partition coefficient (Wildman–Crippen LogP) is 0.775. The van der Waals surface area contributed by atoms with Gasteiger partial charge in [-0.1, -0.05) is 20.3 Å². The maximum absolute atomic E-state index is 8.07. The fraction of sp³-hybridized carbons (Fsp3) is 1.00. The highest BCUT2D eigenvalue weighted by Gasteiger charge is 1.69. The van der Waals surface area contributed by atoms with Gasteiger partial charge in [-0.2, -0.15) is 0 Å². The quantitative estimate of drug-likeness (QED) is 0.557. The molecule has 0 rings (SSSR count). The first kappa shape index (κ1) is 23.6. The molecule has 4 N–H and O–H groups in total. The van der Waals surface area contributed by atoms with Crippen LogP contribution in [-0.2, 0) is 0 Å². The molecule has 0 aromatic rings. The maximum Gasteiger partial charge on any atom is 0.0430 e. The molecule has 4 nitrogen and oxygen atoms in total. The molecule has 0 aliphatic carbocycles. The first-order valence-corrected chi connectivity index (χ1v) is 5.02. The summed E-state index contributed by atoms with van der Waals surface area (Å²) in [5.41, 5.74) is 0. The van der Waals surface area contributed by atoms with Crippen molar-refractivity contribution >= 4 is 0 Å². The Morgan fingerprint density at radius 1 is 0.714 bits per heavy atom. The summed E-state index contributed by atoms with van der Waals surface area (Å²) in [6.45, 7) is 6.58.